The van der Waals surface area contributed by atoms with Crippen molar-refractivity contribution >= 4 is 11.8 Å². The van der Waals surface area contributed by atoms with Crippen molar-refractivity contribution in [3.05, 3.63) is 35.9 Å². The number of carbonyl (C=O) groups excluding carboxylic acids is 2. The van der Waals surface area contributed by atoms with Crippen LogP contribution in [0, 0.1) is 0 Å². The Morgan fingerprint density at radius 3 is 2.38 bits per heavy atom. The number of hydrogen-bond donors (Lipinski definition) is 0. The van der Waals surface area contributed by atoms with Gasteiger partial charge in [-0.2, -0.15) is 13.2 Å². The zero-order chi connectivity index (χ0) is 21.1. The molecule has 1 saturated carbocycles. The third kappa shape index (κ3) is 4.17. The number of rotatable bonds is 6. The van der Waals surface area contributed by atoms with Crippen molar-refractivity contribution in [3.8, 4) is 0 Å². The highest BCUT2D eigenvalue weighted by atomic mass is 19.4. The summed E-state index contributed by atoms with van der Waals surface area (Å²) in [6, 6.07) is 6.43. The topological polar surface area (TPSA) is 71.1 Å². The van der Waals surface area contributed by atoms with Gasteiger partial charge in [0.25, 0.3) is 5.60 Å². The molecule has 3 rings (SSSR count). The van der Waals surface area contributed by atoms with Crippen LogP contribution in [-0.4, -0.2) is 50.1 Å². The van der Waals surface area contributed by atoms with Gasteiger partial charge in [0.05, 0.1) is 6.61 Å². The lowest BCUT2D eigenvalue weighted by Crippen LogP contribution is -2.52. The summed E-state index contributed by atoms with van der Waals surface area (Å²) < 4.78 is 62.2. The first-order valence-electron chi connectivity index (χ1n) is 9.43. The number of alkyl halides is 3. The van der Waals surface area contributed by atoms with Crippen molar-refractivity contribution < 1.29 is 41.7 Å². The lowest BCUT2D eigenvalue weighted by Gasteiger charge is -2.32. The predicted molar refractivity (Wildman–Crippen MR) is 93.8 cm³/mol. The molecule has 1 aromatic carbocycles. The Labute approximate surface area is 166 Å². The maximum atomic E-state index is 13.8. The third-order valence-corrected chi connectivity index (χ3v) is 5.35. The summed E-state index contributed by atoms with van der Waals surface area (Å²) in [4.78, 5) is 24.8. The molecule has 0 bridgehead atoms. The van der Waals surface area contributed by atoms with Crippen LogP contribution in [0.5, 0.6) is 0 Å². The predicted octanol–water partition coefficient (Wildman–Crippen LogP) is 3.28. The molecule has 0 amide bonds. The second-order valence-corrected chi connectivity index (χ2v) is 7.18. The van der Waals surface area contributed by atoms with E-state index in [-0.39, 0.29) is 6.61 Å². The van der Waals surface area contributed by atoms with Crippen molar-refractivity contribution in [1.29, 1.82) is 0 Å². The van der Waals surface area contributed by atoms with Crippen molar-refractivity contribution in [2.24, 2.45) is 0 Å². The van der Waals surface area contributed by atoms with Crippen LogP contribution in [0.4, 0.5) is 13.2 Å². The van der Waals surface area contributed by atoms with Gasteiger partial charge in [-0.1, -0.05) is 36.8 Å². The van der Waals surface area contributed by atoms with E-state index < -0.39 is 47.6 Å². The van der Waals surface area contributed by atoms with Gasteiger partial charge in [0.1, 0.15) is 6.10 Å². The van der Waals surface area contributed by atoms with E-state index in [1.165, 1.54) is 18.2 Å². The largest absolute Gasteiger partial charge is 0.455 e. The minimum Gasteiger partial charge on any atom is -0.455 e. The number of ketones is 1. The highest BCUT2D eigenvalue weighted by Gasteiger charge is 2.64. The Morgan fingerprint density at radius 2 is 1.79 bits per heavy atom. The minimum absolute atomic E-state index is 0.0102. The molecule has 1 heterocycles. The SMILES string of the molecule is CO[C@](C(=O)OCC(=O)[C@@H]1COC2(CCCCC2)O1)(c1ccccc1)C(F)(F)F. The van der Waals surface area contributed by atoms with Gasteiger partial charge in [-0.15, -0.1) is 0 Å². The molecule has 2 aliphatic rings. The molecule has 1 aliphatic carbocycles. The first kappa shape index (κ1) is 21.7. The van der Waals surface area contributed by atoms with Gasteiger partial charge in [-0.3, -0.25) is 4.79 Å². The Kier molecular flexibility index (Phi) is 6.30. The molecule has 0 unspecified atom stereocenters. The zero-order valence-corrected chi connectivity index (χ0v) is 16.0. The summed E-state index contributed by atoms with van der Waals surface area (Å²) in [6.07, 6.45) is -1.87. The highest BCUT2D eigenvalue weighted by molar-refractivity contribution is 5.89. The van der Waals surface area contributed by atoms with Crippen molar-refractivity contribution in [2.75, 3.05) is 20.3 Å². The molecule has 2 fully saturated rings. The molecule has 1 aromatic rings. The van der Waals surface area contributed by atoms with Crippen LogP contribution in [0.3, 0.4) is 0 Å². The van der Waals surface area contributed by atoms with Crippen LogP contribution in [0.15, 0.2) is 30.3 Å². The Balaban J connectivity index is 1.68. The van der Waals surface area contributed by atoms with Crippen molar-refractivity contribution in [3.63, 3.8) is 0 Å². The molecule has 0 aromatic heterocycles. The van der Waals surface area contributed by atoms with Gasteiger partial charge in [0.2, 0.25) is 5.78 Å². The van der Waals surface area contributed by atoms with Crippen LogP contribution in [0.2, 0.25) is 0 Å². The quantitative estimate of drug-likeness (QED) is 0.663. The van der Waals surface area contributed by atoms with E-state index in [9.17, 15) is 22.8 Å². The Hall–Kier alpha value is -1.97. The molecular weight excluding hydrogens is 393 g/mol. The summed E-state index contributed by atoms with van der Waals surface area (Å²) in [5.74, 6) is -3.17. The van der Waals surface area contributed by atoms with Gasteiger partial charge in [0, 0.05) is 25.5 Å². The van der Waals surface area contributed by atoms with E-state index in [0.717, 1.165) is 38.5 Å². The molecule has 1 saturated heterocycles. The molecule has 0 N–H and O–H groups in total. The Morgan fingerprint density at radius 1 is 1.14 bits per heavy atom. The number of Topliss-reactive ketones (excluding diaryl/α,β-unsaturated/α-hetero) is 1. The maximum absolute atomic E-state index is 13.8. The molecule has 0 radical (unpaired) electrons. The summed E-state index contributed by atoms with van der Waals surface area (Å²) in [6.45, 7) is -0.874. The number of ether oxygens (including phenoxy) is 4. The fraction of sp³-hybridized carbons (Fsp3) is 0.600. The molecule has 160 valence electrons. The number of esters is 1. The number of methoxy groups -OCH3 is 1. The van der Waals surface area contributed by atoms with E-state index in [0.29, 0.717) is 12.8 Å². The number of carbonyl (C=O) groups is 2. The van der Waals surface area contributed by atoms with Crippen molar-refractivity contribution in [2.45, 2.75) is 55.8 Å². The average Bonchev–Trinajstić information content (AvgIpc) is 3.10. The fourth-order valence-electron chi connectivity index (χ4n) is 3.78. The summed E-state index contributed by atoms with van der Waals surface area (Å²) in [5.41, 5.74) is -3.76. The van der Waals surface area contributed by atoms with E-state index in [1.807, 2.05) is 0 Å². The monoisotopic (exact) mass is 416 g/mol. The second-order valence-electron chi connectivity index (χ2n) is 7.18. The lowest BCUT2D eigenvalue weighted by atomic mass is 9.93. The molecular formula is C20H23F3O6. The van der Waals surface area contributed by atoms with Crippen molar-refractivity contribution in [1.82, 2.24) is 0 Å². The minimum atomic E-state index is -5.09. The van der Waals surface area contributed by atoms with Gasteiger partial charge >= 0.3 is 12.1 Å². The highest BCUT2D eigenvalue weighted by Crippen LogP contribution is 2.43. The molecule has 2 atom stereocenters. The van der Waals surface area contributed by atoms with Crippen LogP contribution >= 0.6 is 0 Å². The van der Waals surface area contributed by atoms with Gasteiger partial charge < -0.3 is 18.9 Å². The fourth-order valence-corrected chi connectivity index (χ4v) is 3.78. The Bertz CT molecular complexity index is 729. The van der Waals surface area contributed by atoms with Gasteiger partial charge in [-0.05, 0) is 12.8 Å². The summed E-state index contributed by atoms with van der Waals surface area (Å²) in [7, 11) is 0.768. The summed E-state index contributed by atoms with van der Waals surface area (Å²) >= 11 is 0. The van der Waals surface area contributed by atoms with Crippen LogP contribution in [-0.2, 0) is 34.1 Å². The lowest BCUT2D eigenvalue weighted by molar-refractivity contribution is -0.276. The van der Waals surface area contributed by atoms with Crippen LogP contribution in [0.25, 0.3) is 0 Å². The molecule has 1 aliphatic heterocycles. The maximum Gasteiger partial charge on any atom is 0.432 e. The molecule has 1 spiro atoms. The first-order chi connectivity index (χ1) is 13.7. The van der Waals surface area contributed by atoms with Crippen LogP contribution < -0.4 is 0 Å². The van der Waals surface area contributed by atoms with Crippen LogP contribution in [0.1, 0.15) is 37.7 Å². The first-order valence-corrected chi connectivity index (χ1v) is 9.43. The molecule has 6 nitrogen and oxygen atoms in total. The molecule has 9 heteroatoms. The third-order valence-electron chi connectivity index (χ3n) is 5.35. The number of benzene rings is 1. The van der Waals surface area contributed by atoms with E-state index >= 15 is 0 Å². The second kappa shape index (κ2) is 8.41. The van der Waals surface area contributed by atoms with E-state index in [2.05, 4.69) is 4.74 Å². The number of hydrogen-bond acceptors (Lipinski definition) is 6. The van der Waals surface area contributed by atoms with E-state index in [4.69, 9.17) is 14.2 Å². The average molecular weight is 416 g/mol. The van der Waals surface area contributed by atoms with Gasteiger partial charge in [0.15, 0.2) is 12.4 Å². The number of halogens is 3. The smallest absolute Gasteiger partial charge is 0.432 e. The molecule has 29 heavy (non-hydrogen) atoms. The zero-order valence-electron chi connectivity index (χ0n) is 16.0. The van der Waals surface area contributed by atoms with E-state index in [1.54, 1.807) is 0 Å². The normalized spacial score (nSPS) is 23.5. The summed E-state index contributed by atoms with van der Waals surface area (Å²) in [5, 5.41) is 0. The standard InChI is InChI=1S/C20H23F3O6/c1-26-19(20(21,22)23,14-8-4-2-5-9-14)17(25)27-12-15(24)16-13-28-18(29-16)10-6-3-7-11-18/h2,4-5,8-9,16H,3,6-7,10-13H2,1H3/t16-,19-/m0/s1. The van der Waals surface area contributed by atoms with Gasteiger partial charge in [-0.25, -0.2) is 4.79 Å².